The van der Waals surface area contributed by atoms with Gasteiger partial charge in [0.15, 0.2) is 5.78 Å². The van der Waals surface area contributed by atoms with Crippen molar-refractivity contribution in [2.75, 3.05) is 32.8 Å². The first-order valence-electron chi connectivity index (χ1n) is 8.81. The molecule has 0 radical (unpaired) electrons. The number of hydrogen-bond donors (Lipinski definition) is 0. The predicted molar refractivity (Wildman–Crippen MR) is 94.7 cm³/mol. The first kappa shape index (κ1) is 19.5. The molecule has 0 aromatic heterocycles. The molecular weight excluding hydrogens is 290 g/mol. The maximum absolute atomic E-state index is 12.5. The highest BCUT2D eigenvalue weighted by Gasteiger charge is 2.15. The highest BCUT2D eigenvalue weighted by Crippen LogP contribution is 2.26. The van der Waals surface area contributed by atoms with Crippen LogP contribution in [0.25, 0.3) is 0 Å². The molecule has 0 heterocycles. The molecule has 130 valence electrons. The summed E-state index contributed by atoms with van der Waals surface area (Å²) in [6, 6.07) is 5.54. The molecule has 0 saturated carbocycles. The Morgan fingerprint density at radius 1 is 1.00 bits per heavy atom. The van der Waals surface area contributed by atoms with Crippen molar-refractivity contribution >= 4 is 5.78 Å². The Balaban J connectivity index is 2.83. The molecule has 0 aliphatic carbocycles. The van der Waals surface area contributed by atoms with Crippen molar-refractivity contribution in [1.29, 1.82) is 0 Å². The summed E-state index contributed by atoms with van der Waals surface area (Å²) in [6.07, 6.45) is 2.38. The summed E-state index contributed by atoms with van der Waals surface area (Å²) in [5.74, 6) is 1.54. The molecule has 1 rings (SSSR count). The molecule has 0 fully saturated rings. The normalized spacial score (nSPS) is 10.8. The zero-order valence-electron chi connectivity index (χ0n) is 15.1. The molecule has 0 atom stereocenters. The lowest BCUT2D eigenvalue weighted by Crippen LogP contribution is -2.25. The Labute approximate surface area is 140 Å². The van der Waals surface area contributed by atoms with Crippen LogP contribution in [-0.4, -0.2) is 43.5 Å². The third kappa shape index (κ3) is 6.61. The van der Waals surface area contributed by atoms with Gasteiger partial charge in [-0.15, -0.1) is 0 Å². The first-order valence-corrected chi connectivity index (χ1v) is 8.81. The minimum atomic E-state index is 0.130. The maximum Gasteiger partial charge on any atom is 0.167 e. The average Bonchev–Trinajstić information content (AvgIpc) is 2.58. The van der Waals surface area contributed by atoms with Gasteiger partial charge >= 0.3 is 0 Å². The predicted octanol–water partition coefficient (Wildman–Crippen LogP) is 4.18. The van der Waals surface area contributed by atoms with Gasteiger partial charge < -0.3 is 14.4 Å². The second kappa shape index (κ2) is 11.1. The molecule has 0 saturated heterocycles. The SMILES string of the molecule is CCCOc1ccc(C(=O)CCN(CC)CC)c(OCCC)c1. The van der Waals surface area contributed by atoms with Gasteiger partial charge in [-0.1, -0.05) is 27.7 Å². The quantitative estimate of drug-likeness (QED) is 0.541. The molecule has 0 unspecified atom stereocenters. The van der Waals surface area contributed by atoms with Crippen LogP contribution in [0.5, 0.6) is 11.5 Å². The summed E-state index contributed by atoms with van der Waals surface area (Å²) in [5, 5.41) is 0. The van der Waals surface area contributed by atoms with Gasteiger partial charge in [-0.05, 0) is 38.1 Å². The standard InChI is InChI=1S/C19H31NO3/c1-5-13-22-16-9-10-17(19(15-16)23-14-6-2)18(21)11-12-20(7-3)8-4/h9-10,15H,5-8,11-14H2,1-4H3. The number of carbonyl (C=O) groups is 1. The molecule has 4 heteroatoms. The Bertz CT molecular complexity index is 470. The van der Waals surface area contributed by atoms with Crippen LogP contribution in [0.4, 0.5) is 0 Å². The van der Waals surface area contributed by atoms with Gasteiger partial charge in [-0.25, -0.2) is 0 Å². The molecule has 1 aromatic rings. The second-order valence-corrected chi connectivity index (χ2v) is 5.55. The summed E-state index contributed by atoms with van der Waals surface area (Å²) in [4.78, 5) is 14.8. The van der Waals surface area contributed by atoms with E-state index in [-0.39, 0.29) is 5.78 Å². The van der Waals surface area contributed by atoms with E-state index in [1.165, 1.54) is 0 Å². The van der Waals surface area contributed by atoms with E-state index in [2.05, 4.69) is 32.6 Å². The highest BCUT2D eigenvalue weighted by atomic mass is 16.5. The number of hydrogen-bond acceptors (Lipinski definition) is 4. The first-order chi connectivity index (χ1) is 11.2. The van der Waals surface area contributed by atoms with E-state index in [4.69, 9.17) is 9.47 Å². The van der Waals surface area contributed by atoms with Crippen molar-refractivity contribution in [3.63, 3.8) is 0 Å². The number of rotatable bonds is 12. The lowest BCUT2D eigenvalue weighted by molar-refractivity contribution is 0.0962. The molecule has 0 aliphatic rings. The van der Waals surface area contributed by atoms with Crippen LogP contribution in [0.2, 0.25) is 0 Å². The third-order valence-corrected chi connectivity index (χ3v) is 3.74. The highest BCUT2D eigenvalue weighted by molar-refractivity contribution is 5.99. The molecule has 0 bridgehead atoms. The molecule has 0 aliphatic heterocycles. The van der Waals surface area contributed by atoms with E-state index in [0.29, 0.717) is 30.9 Å². The largest absolute Gasteiger partial charge is 0.493 e. The number of nitrogens with zero attached hydrogens (tertiary/aromatic N) is 1. The summed E-state index contributed by atoms with van der Waals surface area (Å²) >= 11 is 0. The Hall–Kier alpha value is -1.55. The van der Waals surface area contributed by atoms with Crippen LogP contribution in [-0.2, 0) is 0 Å². The van der Waals surface area contributed by atoms with Crippen LogP contribution in [0.15, 0.2) is 18.2 Å². The van der Waals surface area contributed by atoms with Crippen LogP contribution in [0.1, 0.15) is 57.3 Å². The van der Waals surface area contributed by atoms with Crippen molar-refractivity contribution < 1.29 is 14.3 Å². The van der Waals surface area contributed by atoms with Crippen molar-refractivity contribution in [3.8, 4) is 11.5 Å². The number of ether oxygens (including phenoxy) is 2. The van der Waals surface area contributed by atoms with Crippen LogP contribution >= 0.6 is 0 Å². The van der Waals surface area contributed by atoms with Gasteiger partial charge in [-0.3, -0.25) is 4.79 Å². The summed E-state index contributed by atoms with van der Waals surface area (Å²) in [7, 11) is 0. The molecule has 0 spiro atoms. The Morgan fingerprint density at radius 3 is 2.26 bits per heavy atom. The summed E-state index contributed by atoms with van der Waals surface area (Å²) < 4.78 is 11.4. The van der Waals surface area contributed by atoms with Gasteiger partial charge in [0.25, 0.3) is 0 Å². The number of ketones is 1. The fourth-order valence-corrected chi connectivity index (χ4v) is 2.31. The van der Waals surface area contributed by atoms with Gasteiger partial charge in [-0.2, -0.15) is 0 Å². The lowest BCUT2D eigenvalue weighted by atomic mass is 10.1. The van der Waals surface area contributed by atoms with Crippen LogP contribution in [0.3, 0.4) is 0 Å². The Morgan fingerprint density at radius 2 is 1.65 bits per heavy atom. The van der Waals surface area contributed by atoms with E-state index in [0.717, 1.165) is 38.2 Å². The van der Waals surface area contributed by atoms with E-state index >= 15 is 0 Å². The monoisotopic (exact) mass is 321 g/mol. The molecule has 4 nitrogen and oxygen atoms in total. The summed E-state index contributed by atoms with van der Waals surface area (Å²) in [5.41, 5.74) is 0.662. The van der Waals surface area contributed by atoms with Gasteiger partial charge in [0.1, 0.15) is 11.5 Å². The fraction of sp³-hybridized carbons (Fsp3) is 0.632. The number of carbonyl (C=O) groups excluding carboxylic acids is 1. The van der Waals surface area contributed by atoms with Crippen molar-refractivity contribution in [2.24, 2.45) is 0 Å². The molecular formula is C19H31NO3. The molecule has 0 amide bonds. The topological polar surface area (TPSA) is 38.8 Å². The zero-order valence-corrected chi connectivity index (χ0v) is 15.1. The fourth-order valence-electron chi connectivity index (χ4n) is 2.31. The lowest BCUT2D eigenvalue weighted by Gasteiger charge is -2.18. The minimum Gasteiger partial charge on any atom is -0.493 e. The average molecular weight is 321 g/mol. The molecule has 0 N–H and O–H groups in total. The second-order valence-electron chi connectivity index (χ2n) is 5.55. The number of Topliss-reactive ketones (excluding diaryl/α,β-unsaturated/α-hetero) is 1. The van der Waals surface area contributed by atoms with Crippen molar-refractivity contribution in [1.82, 2.24) is 4.90 Å². The molecule has 1 aromatic carbocycles. The van der Waals surface area contributed by atoms with E-state index in [1.54, 1.807) is 0 Å². The van der Waals surface area contributed by atoms with Gasteiger partial charge in [0.2, 0.25) is 0 Å². The third-order valence-electron chi connectivity index (χ3n) is 3.74. The van der Waals surface area contributed by atoms with E-state index in [9.17, 15) is 4.79 Å². The maximum atomic E-state index is 12.5. The van der Waals surface area contributed by atoms with Crippen molar-refractivity contribution in [3.05, 3.63) is 23.8 Å². The van der Waals surface area contributed by atoms with E-state index < -0.39 is 0 Å². The van der Waals surface area contributed by atoms with E-state index in [1.807, 2.05) is 18.2 Å². The summed E-state index contributed by atoms with van der Waals surface area (Å²) in [6.45, 7) is 12.3. The van der Waals surface area contributed by atoms with Crippen LogP contribution < -0.4 is 9.47 Å². The number of benzene rings is 1. The van der Waals surface area contributed by atoms with Gasteiger partial charge in [0, 0.05) is 19.0 Å². The van der Waals surface area contributed by atoms with Crippen LogP contribution in [0, 0.1) is 0 Å². The van der Waals surface area contributed by atoms with Gasteiger partial charge in [0.05, 0.1) is 18.8 Å². The Kier molecular flexibility index (Phi) is 9.37. The smallest absolute Gasteiger partial charge is 0.167 e. The minimum absolute atomic E-state index is 0.130. The zero-order chi connectivity index (χ0) is 17.1. The molecule has 23 heavy (non-hydrogen) atoms. The van der Waals surface area contributed by atoms with Crippen molar-refractivity contribution in [2.45, 2.75) is 47.0 Å².